The zero-order valence-electron chi connectivity index (χ0n) is 15.6. The van der Waals surface area contributed by atoms with E-state index in [1.165, 1.54) is 26.4 Å². The Bertz CT molecular complexity index is 747. The largest absolute Gasteiger partial charge is 0.502 e. The van der Waals surface area contributed by atoms with Gasteiger partial charge in [-0.2, -0.15) is 0 Å². The van der Waals surface area contributed by atoms with Crippen molar-refractivity contribution in [2.24, 2.45) is 4.99 Å². The van der Waals surface area contributed by atoms with Crippen molar-refractivity contribution >= 4 is 29.9 Å². The van der Waals surface area contributed by atoms with Crippen LogP contribution in [0.5, 0.6) is 17.2 Å². The summed E-state index contributed by atoms with van der Waals surface area (Å²) in [6.07, 6.45) is 0.680. The number of nitrogens with zero attached hydrogens (tertiary/aromatic N) is 1. The number of hydrogen-bond donors (Lipinski definition) is 3. The Balaban J connectivity index is 0.00000364. The lowest BCUT2D eigenvalue weighted by Gasteiger charge is -2.14. The average Bonchev–Trinajstić information content (AvgIpc) is 2.65. The van der Waals surface area contributed by atoms with Gasteiger partial charge >= 0.3 is 0 Å². The summed E-state index contributed by atoms with van der Waals surface area (Å²) in [5, 5.41) is 16.3. The van der Waals surface area contributed by atoms with Gasteiger partial charge in [0, 0.05) is 20.1 Å². The summed E-state index contributed by atoms with van der Waals surface area (Å²) in [6.45, 7) is 1.08. The van der Waals surface area contributed by atoms with Crippen molar-refractivity contribution < 1.29 is 19.0 Å². The van der Waals surface area contributed by atoms with Crippen molar-refractivity contribution in [3.05, 3.63) is 53.3 Å². The van der Waals surface area contributed by atoms with E-state index in [2.05, 4.69) is 15.6 Å². The van der Waals surface area contributed by atoms with Crippen LogP contribution < -0.4 is 20.1 Å². The lowest BCUT2D eigenvalue weighted by molar-refractivity contribution is 0.339. The third-order valence-electron chi connectivity index (χ3n) is 3.82. The van der Waals surface area contributed by atoms with Gasteiger partial charge in [0.05, 0.1) is 14.2 Å². The number of hydrogen-bond acceptors (Lipinski definition) is 4. The van der Waals surface area contributed by atoms with Crippen molar-refractivity contribution in [3.63, 3.8) is 0 Å². The van der Waals surface area contributed by atoms with Gasteiger partial charge in [0.2, 0.25) is 5.75 Å². The van der Waals surface area contributed by atoms with E-state index in [9.17, 15) is 9.50 Å². The number of rotatable bonds is 7. The Labute approximate surface area is 175 Å². The molecule has 0 aromatic heterocycles. The van der Waals surface area contributed by atoms with Gasteiger partial charge in [0.25, 0.3) is 0 Å². The van der Waals surface area contributed by atoms with Crippen LogP contribution in [-0.2, 0) is 13.0 Å². The molecule has 2 aromatic rings. The molecular weight excluding hydrogens is 464 g/mol. The number of ether oxygens (including phenoxy) is 2. The zero-order valence-corrected chi connectivity index (χ0v) is 17.9. The first-order chi connectivity index (χ1) is 12.6. The van der Waals surface area contributed by atoms with Crippen LogP contribution in [0.15, 0.2) is 41.4 Å². The Morgan fingerprint density at radius 3 is 2.30 bits per heavy atom. The summed E-state index contributed by atoms with van der Waals surface area (Å²) >= 11 is 0. The van der Waals surface area contributed by atoms with Gasteiger partial charge in [-0.3, -0.25) is 4.99 Å². The highest BCUT2D eigenvalue weighted by Gasteiger charge is 2.11. The lowest BCUT2D eigenvalue weighted by atomic mass is 10.1. The van der Waals surface area contributed by atoms with E-state index in [1.54, 1.807) is 25.2 Å². The van der Waals surface area contributed by atoms with Crippen molar-refractivity contribution in [2.45, 2.75) is 13.0 Å². The molecule has 0 saturated heterocycles. The lowest BCUT2D eigenvalue weighted by Crippen LogP contribution is -2.37. The Hall–Kier alpha value is -2.23. The van der Waals surface area contributed by atoms with Crippen LogP contribution in [0.3, 0.4) is 0 Å². The van der Waals surface area contributed by atoms with Crippen LogP contribution in [0, 0.1) is 5.82 Å². The molecule has 2 rings (SSSR count). The molecule has 27 heavy (non-hydrogen) atoms. The van der Waals surface area contributed by atoms with Crippen LogP contribution in [0.25, 0.3) is 0 Å². The summed E-state index contributed by atoms with van der Waals surface area (Å²) in [4.78, 5) is 4.16. The Morgan fingerprint density at radius 1 is 1.07 bits per heavy atom. The highest BCUT2D eigenvalue weighted by molar-refractivity contribution is 14.0. The van der Waals surface area contributed by atoms with Crippen LogP contribution >= 0.6 is 24.0 Å². The minimum atomic E-state index is -0.236. The first kappa shape index (κ1) is 22.8. The normalized spacial score (nSPS) is 10.7. The number of nitrogens with one attached hydrogen (secondary N) is 2. The van der Waals surface area contributed by atoms with Gasteiger partial charge in [0.15, 0.2) is 17.5 Å². The molecule has 0 amide bonds. The molecule has 0 bridgehead atoms. The quantitative estimate of drug-likeness (QED) is 0.317. The molecule has 6 nitrogen and oxygen atoms in total. The van der Waals surface area contributed by atoms with E-state index in [0.29, 0.717) is 37.0 Å². The van der Waals surface area contributed by atoms with Gasteiger partial charge in [-0.1, -0.05) is 12.1 Å². The number of guanidine groups is 1. The third kappa shape index (κ3) is 6.78. The molecule has 0 aliphatic carbocycles. The van der Waals surface area contributed by atoms with E-state index in [4.69, 9.17) is 9.47 Å². The van der Waals surface area contributed by atoms with Gasteiger partial charge in [-0.25, -0.2) is 4.39 Å². The van der Waals surface area contributed by atoms with Crippen molar-refractivity contribution in [1.82, 2.24) is 10.6 Å². The molecular formula is C19H25FIN3O3. The smallest absolute Gasteiger partial charge is 0.200 e. The number of benzene rings is 2. The summed E-state index contributed by atoms with van der Waals surface area (Å²) < 4.78 is 23.5. The highest BCUT2D eigenvalue weighted by Crippen LogP contribution is 2.36. The van der Waals surface area contributed by atoms with Crippen LogP contribution in [0.4, 0.5) is 4.39 Å². The maximum atomic E-state index is 13.2. The molecule has 2 aromatic carbocycles. The number of aromatic hydroxyl groups is 1. The molecule has 0 fully saturated rings. The summed E-state index contributed by atoms with van der Waals surface area (Å²) in [5.74, 6) is 1.04. The predicted octanol–water partition coefficient (Wildman–Crippen LogP) is 3.07. The van der Waals surface area contributed by atoms with Gasteiger partial charge in [0.1, 0.15) is 5.82 Å². The standard InChI is InChI=1S/C19H24FN3O3.HI/c1-21-19(22-8-7-13-5-4-6-15(20)9-13)23-12-14-10-16(25-2)18(24)17(11-14)26-3;/h4-6,9-11,24H,7-8,12H2,1-3H3,(H2,21,22,23);1H. The maximum absolute atomic E-state index is 13.2. The van der Waals surface area contributed by atoms with Crippen molar-refractivity contribution in [3.8, 4) is 17.2 Å². The highest BCUT2D eigenvalue weighted by atomic mass is 127. The van der Waals surface area contributed by atoms with Crippen LogP contribution in [0.1, 0.15) is 11.1 Å². The second-order valence-corrected chi connectivity index (χ2v) is 5.58. The fourth-order valence-corrected chi connectivity index (χ4v) is 2.47. The first-order valence-electron chi connectivity index (χ1n) is 8.20. The molecule has 0 heterocycles. The average molecular weight is 489 g/mol. The van der Waals surface area contributed by atoms with E-state index in [0.717, 1.165) is 11.1 Å². The van der Waals surface area contributed by atoms with Gasteiger partial charge in [-0.15, -0.1) is 24.0 Å². The number of methoxy groups -OCH3 is 2. The molecule has 0 aliphatic rings. The molecule has 3 N–H and O–H groups in total. The monoisotopic (exact) mass is 489 g/mol. The number of phenolic OH excluding ortho intramolecular Hbond substituents is 1. The van der Waals surface area contributed by atoms with Crippen molar-refractivity contribution in [2.75, 3.05) is 27.8 Å². The fraction of sp³-hybridized carbons (Fsp3) is 0.316. The molecule has 148 valence electrons. The van der Waals surface area contributed by atoms with Gasteiger partial charge < -0.3 is 25.2 Å². The predicted molar refractivity (Wildman–Crippen MR) is 115 cm³/mol. The SMILES string of the molecule is CN=C(NCCc1cccc(F)c1)NCc1cc(OC)c(O)c(OC)c1.I. The molecule has 0 saturated carbocycles. The summed E-state index contributed by atoms with van der Waals surface area (Å²) in [5.41, 5.74) is 1.78. The molecule has 0 spiro atoms. The van der Waals surface area contributed by atoms with E-state index in [1.807, 2.05) is 6.07 Å². The molecule has 0 aliphatic heterocycles. The van der Waals surface area contributed by atoms with Gasteiger partial charge in [-0.05, 0) is 41.8 Å². The Morgan fingerprint density at radius 2 is 1.74 bits per heavy atom. The second-order valence-electron chi connectivity index (χ2n) is 5.58. The topological polar surface area (TPSA) is 75.1 Å². The van der Waals surface area contributed by atoms with E-state index < -0.39 is 0 Å². The molecule has 8 heteroatoms. The minimum absolute atomic E-state index is 0. The zero-order chi connectivity index (χ0) is 18.9. The molecule has 0 unspecified atom stereocenters. The third-order valence-corrected chi connectivity index (χ3v) is 3.82. The number of phenols is 1. The second kappa shape index (κ2) is 11.5. The summed E-state index contributed by atoms with van der Waals surface area (Å²) in [6, 6.07) is 9.99. The Kier molecular flexibility index (Phi) is 9.70. The van der Waals surface area contributed by atoms with E-state index >= 15 is 0 Å². The fourth-order valence-electron chi connectivity index (χ4n) is 2.47. The number of aliphatic imine (C=N–C) groups is 1. The minimum Gasteiger partial charge on any atom is -0.502 e. The molecule has 0 atom stereocenters. The van der Waals surface area contributed by atoms with E-state index in [-0.39, 0.29) is 35.5 Å². The first-order valence-corrected chi connectivity index (χ1v) is 8.20. The van der Waals surface area contributed by atoms with Crippen LogP contribution in [-0.4, -0.2) is 38.9 Å². The van der Waals surface area contributed by atoms with Crippen molar-refractivity contribution in [1.29, 1.82) is 0 Å². The maximum Gasteiger partial charge on any atom is 0.200 e. The van der Waals surface area contributed by atoms with Crippen LogP contribution in [0.2, 0.25) is 0 Å². The summed E-state index contributed by atoms with van der Waals surface area (Å²) in [7, 11) is 4.65. The number of halogens is 2. The molecule has 0 radical (unpaired) electrons.